The summed E-state index contributed by atoms with van der Waals surface area (Å²) in [4.78, 5) is 22.2. The second kappa shape index (κ2) is 2.85. The number of amides is 1. The Morgan fingerprint density at radius 3 is 2.38 bits per heavy atom. The van der Waals surface area contributed by atoms with E-state index in [2.05, 4.69) is 0 Å². The molecule has 2 N–H and O–H groups in total. The van der Waals surface area contributed by atoms with Crippen LogP contribution in [-0.2, 0) is 14.3 Å². The molecule has 1 aliphatic rings. The van der Waals surface area contributed by atoms with Gasteiger partial charge in [0.05, 0.1) is 0 Å². The smallest absolute Gasteiger partial charge is 0.344 e. The lowest BCUT2D eigenvalue weighted by atomic mass is 9.97. The number of rotatable bonds is 1. The van der Waals surface area contributed by atoms with E-state index in [4.69, 9.17) is 9.94 Å². The highest BCUT2D eigenvalue weighted by Gasteiger charge is 2.40. The predicted octanol–water partition coefficient (Wildman–Crippen LogP) is 0.144. The predicted molar refractivity (Wildman–Crippen MR) is 42.8 cm³/mol. The second-order valence-electron chi connectivity index (χ2n) is 3.34. The summed E-state index contributed by atoms with van der Waals surface area (Å²) in [5, 5.41) is 8.36. The van der Waals surface area contributed by atoms with Gasteiger partial charge in [0, 0.05) is 0 Å². The molecule has 1 rings (SSSR count). The molecule has 0 aliphatic carbocycles. The van der Waals surface area contributed by atoms with E-state index < -0.39 is 17.5 Å². The molecule has 1 heterocycles. The van der Waals surface area contributed by atoms with Crippen LogP contribution >= 0.6 is 0 Å². The number of carbonyl (C=O) groups is 2. The quantitative estimate of drug-likeness (QED) is 0.264. The zero-order valence-corrected chi connectivity index (χ0v) is 7.67. The molecule has 0 fully saturated rings. The first kappa shape index (κ1) is 9.73. The highest BCUT2D eigenvalue weighted by atomic mass is 16.6. The highest BCUT2D eigenvalue weighted by molar-refractivity contribution is 6.18. The van der Waals surface area contributed by atoms with Gasteiger partial charge in [0.15, 0.2) is 0 Å². The first-order chi connectivity index (χ1) is 5.90. The summed E-state index contributed by atoms with van der Waals surface area (Å²) in [5.74, 6) is -1.53. The summed E-state index contributed by atoms with van der Waals surface area (Å²) >= 11 is 0. The molecular weight excluding hydrogens is 174 g/mol. The third-order valence-corrected chi connectivity index (χ3v) is 2.16. The lowest BCUT2D eigenvalue weighted by molar-refractivity contribution is -0.146. The number of hydroxylamine groups is 1. The molecule has 0 saturated carbocycles. The molecule has 0 aromatic rings. The molecule has 0 bridgehead atoms. The lowest BCUT2D eigenvalue weighted by Crippen LogP contribution is -2.24. The Morgan fingerprint density at radius 1 is 1.54 bits per heavy atom. The van der Waals surface area contributed by atoms with Crippen LogP contribution in [-0.4, -0.2) is 22.7 Å². The van der Waals surface area contributed by atoms with Crippen molar-refractivity contribution in [3.05, 3.63) is 11.1 Å². The van der Waals surface area contributed by atoms with E-state index in [9.17, 15) is 9.59 Å². The van der Waals surface area contributed by atoms with Gasteiger partial charge in [-0.15, -0.1) is 0 Å². The largest absolute Gasteiger partial charge is 0.451 e. The van der Waals surface area contributed by atoms with Gasteiger partial charge in [0.2, 0.25) is 0 Å². The molecule has 1 aliphatic heterocycles. The Hall–Kier alpha value is -1.36. The number of ether oxygens (including phenoxy) is 1. The van der Waals surface area contributed by atoms with E-state index in [0.717, 1.165) is 0 Å². The van der Waals surface area contributed by atoms with Crippen LogP contribution in [0.15, 0.2) is 11.1 Å². The van der Waals surface area contributed by atoms with Gasteiger partial charge in [-0.2, -0.15) is 0 Å². The summed E-state index contributed by atoms with van der Waals surface area (Å²) in [6, 6.07) is 0. The van der Waals surface area contributed by atoms with E-state index in [0.29, 0.717) is 5.57 Å². The Morgan fingerprint density at radius 2 is 2.08 bits per heavy atom. The van der Waals surface area contributed by atoms with Crippen molar-refractivity contribution < 1.29 is 19.5 Å². The van der Waals surface area contributed by atoms with Crippen LogP contribution in [0.2, 0.25) is 0 Å². The molecule has 0 unspecified atom stereocenters. The minimum atomic E-state index is -0.826. The number of hydrogen-bond donors (Lipinski definition) is 2. The zero-order valence-electron chi connectivity index (χ0n) is 7.67. The standard InChI is InChI=1S/C8H11NO4/c1-4-5(6(10)9-12)7(11)13-8(4,2)3/h12H,1-3H3,(H,9,10). The molecule has 5 nitrogen and oxygen atoms in total. The third kappa shape index (κ3) is 1.42. The molecule has 13 heavy (non-hydrogen) atoms. The summed E-state index contributed by atoms with van der Waals surface area (Å²) in [5.41, 5.74) is 1.04. The topological polar surface area (TPSA) is 75.6 Å². The van der Waals surface area contributed by atoms with E-state index in [1.807, 2.05) is 0 Å². The van der Waals surface area contributed by atoms with Crippen molar-refractivity contribution in [1.82, 2.24) is 5.48 Å². The molecule has 0 atom stereocenters. The van der Waals surface area contributed by atoms with Gasteiger partial charge in [-0.05, 0) is 26.3 Å². The van der Waals surface area contributed by atoms with Crippen LogP contribution in [0, 0.1) is 0 Å². The molecule has 0 radical (unpaired) electrons. The summed E-state index contributed by atoms with van der Waals surface area (Å²) in [6.07, 6.45) is 0. The van der Waals surface area contributed by atoms with Crippen LogP contribution in [0.5, 0.6) is 0 Å². The van der Waals surface area contributed by atoms with Crippen LogP contribution in [0.1, 0.15) is 20.8 Å². The molecule has 0 spiro atoms. The van der Waals surface area contributed by atoms with Gasteiger partial charge in [-0.3, -0.25) is 10.0 Å². The lowest BCUT2D eigenvalue weighted by Gasteiger charge is -2.17. The Labute approximate surface area is 75.3 Å². The molecule has 5 heteroatoms. The summed E-state index contributed by atoms with van der Waals surface area (Å²) in [6.45, 7) is 4.98. The van der Waals surface area contributed by atoms with Crippen molar-refractivity contribution in [3.8, 4) is 0 Å². The SMILES string of the molecule is CC1=C(C(=O)NO)C(=O)OC1(C)C. The Kier molecular flexibility index (Phi) is 2.13. The minimum Gasteiger partial charge on any atom is -0.451 e. The van der Waals surface area contributed by atoms with Crippen molar-refractivity contribution in [2.75, 3.05) is 0 Å². The van der Waals surface area contributed by atoms with Gasteiger partial charge in [0.1, 0.15) is 11.2 Å². The first-order valence-electron chi connectivity index (χ1n) is 3.79. The van der Waals surface area contributed by atoms with Gasteiger partial charge in [-0.25, -0.2) is 10.3 Å². The monoisotopic (exact) mass is 185 g/mol. The van der Waals surface area contributed by atoms with Crippen LogP contribution in [0.3, 0.4) is 0 Å². The van der Waals surface area contributed by atoms with Gasteiger partial charge in [-0.1, -0.05) is 0 Å². The van der Waals surface area contributed by atoms with Crippen LogP contribution in [0.4, 0.5) is 0 Å². The number of carbonyl (C=O) groups excluding carboxylic acids is 2. The minimum absolute atomic E-state index is 0.118. The van der Waals surface area contributed by atoms with E-state index in [1.54, 1.807) is 20.8 Å². The summed E-state index contributed by atoms with van der Waals surface area (Å²) in [7, 11) is 0. The average molecular weight is 185 g/mol. The van der Waals surface area contributed by atoms with Crippen molar-refractivity contribution in [3.63, 3.8) is 0 Å². The summed E-state index contributed by atoms with van der Waals surface area (Å²) < 4.78 is 4.91. The van der Waals surface area contributed by atoms with Gasteiger partial charge >= 0.3 is 5.97 Å². The maximum Gasteiger partial charge on any atom is 0.344 e. The third-order valence-electron chi connectivity index (χ3n) is 2.16. The second-order valence-corrected chi connectivity index (χ2v) is 3.34. The Bertz CT molecular complexity index is 303. The number of hydrogen-bond acceptors (Lipinski definition) is 4. The van der Waals surface area contributed by atoms with Crippen molar-refractivity contribution >= 4 is 11.9 Å². The highest BCUT2D eigenvalue weighted by Crippen LogP contribution is 2.31. The molecule has 0 saturated heterocycles. The molecule has 0 aromatic heterocycles. The van der Waals surface area contributed by atoms with E-state index >= 15 is 0 Å². The molecular formula is C8H11NO4. The van der Waals surface area contributed by atoms with E-state index in [1.165, 1.54) is 5.48 Å². The first-order valence-corrected chi connectivity index (χ1v) is 3.79. The number of esters is 1. The van der Waals surface area contributed by atoms with E-state index in [-0.39, 0.29) is 5.57 Å². The molecule has 0 aromatic carbocycles. The average Bonchev–Trinajstić information content (AvgIpc) is 2.21. The van der Waals surface area contributed by atoms with Crippen molar-refractivity contribution in [2.45, 2.75) is 26.4 Å². The van der Waals surface area contributed by atoms with Crippen LogP contribution in [0.25, 0.3) is 0 Å². The maximum atomic E-state index is 11.1. The normalized spacial score (nSPS) is 20.2. The zero-order chi connectivity index (χ0) is 10.2. The van der Waals surface area contributed by atoms with Gasteiger partial charge < -0.3 is 4.74 Å². The fourth-order valence-electron chi connectivity index (χ4n) is 1.13. The number of cyclic esters (lactones) is 1. The fraction of sp³-hybridized carbons (Fsp3) is 0.500. The Balaban J connectivity index is 3.13. The van der Waals surface area contributed by atoms with Crippen molar-refractivity contribution in [1.29, 1.82) is 0 Å². The van der Waals surface area contributed by atoms with Crippen molar-refractivity contribution in [2.24, 2.45) is 0 Å². The number of nitrogens with one attached hydrogen (secondary N) is 1. The molecule has 1 amide bonds. The fourth-order valence-corrected chi connectivity index (χ4v) is 1.13. The molecule has 72 valence electrons. The van der Waals surface area contributed by atoms with Gasteiger partial charge in [0.25, 0.3) is 5.91 Å². The van der Waals surface area contributed by atoms with Crippen LogP contribution < -0.4 is 5.48 Å². The maximum absolute atomic E-state index is 11.1.